The molecule has 2 aromatic rings. The smallest absolute Gasteiger partial charge is 0.208 e. The highest BCUT2D eigenvalue weighted by Crippen LogP contribution is 2.36. The maximum Gasteiger partial charge on any atom is 0.208 e. The predicted octanol–water partition coefficient (Wildman–Crippen LogP) is 2.39. The van der Waals surface area contributed by atoms with E-state index in [4.69, 9.17) is 0 Å². The second kappa shape index (κ2) is 5.64. The van der Waals surface area contributed by atoms with Crippen molar-refractivity contribution in [1.82, 2.24) is 10.2 Å². The molecule has 0 fully saturated rings. The van der Waals surface area contributed by atoms with Crippen molar-refractivity contribution in [2.24, 2.45) is 0 Å². The van der Waals surface area contributed by atoms with Crippen molar-refractivity contribution in [3.05, 3.63) is 29.6 Å². The third-order valence-electron chi connectivity index (χ3n) is 2.19. The lowest BCUT2D eigenvalue weighted by Crippen LogP contribution is -2.07. The molecule has 0 unspecified atom stereocenters. The summed E-state index contributed by atoms with van der Waals surface area (Å²) in [6.07, 6.45) is 0. The molecule has 1 N–H and O–H groups in total. The molecule has 1 aromatic heterocycles. The van der Waals surface area contributed by atoms with Crippen LogP contribution in [0.3, 0.4) is 0 Å². The molecule has 0 aliphatic rings. The highest BCUT2D eigenvalue weighted by Gasteiger charge is 2.13. The molecule has 0 bridgehead atoms. The molecule has 2 rings (SSSR count). The van der Waals surface area contributed by atoms with Crippen molar-refractivity contribution in [1.29, 1.82) is 0 Å². The van der Waals surface area contributed by atoms with Crippen molar-refractivity contribution in [2.45, 2.75) is 15.8 Å². The van der Waals surface area contributed by atoms with E-state index < -0.39 is 0 Å². The van der Waals surface area contributed by atoms with Crippen LogP contribution in [0.2, 0.25) is 0 Å². The molecule has 96 valence electrons. The average molecular weight is 285 g/mol. The third-order valence-corrected chi connectivity index (χ3v) is 4.49. The first-order valence-corrected chi connectivity index (χ1v) is 6.82. The molecule has 0 radical (unpaired) electrons. The predicted molar refractivity (Wildman–Crippen MR) is 70.7 cm³/mol. The van der Waals surface area contributed by atoms with Crippen LogP contribution in [0, 0.1) is 5.82 Å². The molecule has 0 saturated heterocycles. The normalized spacial score (nSPS) is 10.7. The number of halogens is 1. The Kier molecular flexibility index (Phi) is 4.15. The summed E-state index contributed by atoms with van der Waals surface area (Å²) in [5, 5.41) is 17.9. The number of nitrogens with zero attached hydrogens (tertiary/aromatic N) is 3. The summed E-state index contributed by atoms with van der Waals surface area (Å²) in [5.41, 5.74) is 0.557. The van der Waals surface area contributed by atoms with Crippen molar-refractivity contribution >= 4 is 28.2 Å². The minimum absolute atomic E-state index is 0.195. The summed E-state index contributed by atoms with van der Waals surface area (Å²) < 4.78 is 14.4. The lowest BCUT2D eigenvalue weighted by atomic mass is 10.2. The van der Waals surface area contributed by atoms with Crippen LogP contribution in [0.1, 0.15) is 5.56 Å². The molecule has 0 spiro atoms. The lowest BCUT2D eigenvalue weighted by Gasteiger charge is -2.06. The largest absolute Gasteiger partial charge is 0.392 e. The molecule has 1 aromatic carbocycles. The highest BCUT2D eigenvalue weighted by atomic mass is 32.2. The summed E-state index contributed by atoms with van der Waals surface area (Å²) in [6.45, 7) is -0.195. The van der Waals surface area contributed by atoms with E-state index in [2.05, 4.69) is 10.2 Å². The molecule has 0 saturated carbocycles. The van der Waals surface area contributed by atoms with Crippen LogP contribution in [0.15, 0.2) is 27.4 Å². The fourth-order valence-corrected chi connectivity index (χ4v) is 3.13. The first-order chi connectivity index (χ1) is 8.61. The fourth-order valence-electron chi connectivity index (χ4n) is 1.30. The zero-order chi connectivity index (χ0) is 13.1. The van der Waals surface area contributed by atoms with Crippen LogP contribution in [0.25, 0.3) is 0 Å². The van der Waals surface area contributed by atoms with Crippen LogP contribution in [-0.4, -0.2) is 29.4 Å². The topological polar surface area (TPSA) is 49.2 Å². The van der Waals surface area contributed by atoms with Gasteiger partial charge in [-0.15, -0.1) is 10.2 Å². The number of aliphatic hydroxyl groups is 1. The quantitative estimate of drug-likeness (QED) is 0.934. The van der Waals surface area contributed by atoms with Gasteiger partial charge in [0.2, 0.25) is 5.13 Å². The van der Waals surface area contributed by atoms with Gasteiger partial charge >= 0.3 is 0 Å². The molecule has 4 nitrogen and oxygen atoms in total. The van der Waals surface area contributed by atoms with E-state index in [0.717, 1.165) is 5.13 Å². The molecular formula is C11H12FN3OS2. The zero-order valence-corrected chi connectivity index (χ0v) is 11.6. The summed E-state index contributed by atoms with van der Waals surface area (Å²) in [4.78, 5) is 2.25. The Labute approximate surface area is 112 Å². The Balaban J connectivity index is 2.27. The van der Waals surface area contributed by atoms with Crippen LogP contribution in [-0.2, 0) is 6.61 Å². The average Bonchev–Trinajstić information content (AvgIpc) is 2.80. The third kappa shape index (κ3) is 2.80. The standard InChI is InChI=1S/C11H12FN3OS2/c1-15(2)10-13-14-11(18-10)17-9-7(6-16)4-3-5-8(9)12/h3-5,16H,6H2,1-2H3. The second-order valence-corrected chi connectivity index (χ2v) is 5.95. The van der Waals surface area contributed by atoms with E-state index in [1.807, 2.05) is 19.0 Å². The molecular weight excluding hydrogens is 273 g/mol. The lowest BCUT2D eigenvalue weighted by molar-refractivity contribution is 0.277. The molecule has 0 aliphatic heterocycles. The van der Waals surface area contributed by atoms with Gasteiger partial charge in [-0.1, -0.05) is 35.2 Å². The van der Waals surface area contributed by atoms with Gasteiger partial charge in [0.05, 0.1) is 11.5 Å². The SMILES string of the molecule is CN(C)c1nnc(Sc2c(F)cccc2CO)s1. The number of aliphatic hydroxyl groups excluding tert-OH is 1. The van der Waals surface area contributed by atoms with Crippen LogP contribution in [0.4, 0.5) is 9.52 Å². The van der Waals surface area contributed by atoms with E-state index in [1.54, 1.807) is 12.1 Å². The van der Waals surface area contributed by atoms with Gasteiger partial charge in [0.25, 0.3) is 0 Å². The van der Waals surface area contributed by atoms with Gasteiger partial charge in [0.1, 0.15) is 5.82 Å². The van der Waals surface area contributed by atoms with Gasteiger partial charge in [-0.3, -0.25) is 0 Å². The zero-order valence-electron chi connectivity index (χ0n) is 9.92. The molecule has 18 heavy (non-hydrogen) atoms. The van der Waals surface area contributed by atoms with E-state index in [0.29, 0.717) is 14.8 Å². The second-order valence-electron chi connectivity index (χ2n) is 3.73. The van der Waals surface area contributed by atoms with Gasteiger partial charge in [-0.25, -0.2) is 4.39 Å². The molecule has 7 heteroatoms. The first kappa shape index (κ1) is 13.3. The minimum Gasteiger partial charge on any atom is -0.392 e. The Bertz CT molecular complexity index is 545. The van der Waals surface area contributed by atoms with Crippen molar-refractivity contribution in [3.63, 3.8) is 0 Å². The number of aromatic nitrogens is 2. The van der Waals surface area contributed by atoms with Crippen LogP contribution < -0.4 is 4.90 Å². The van der Waals surface area contributed by atoms with Gasteiger partial charge in [-0.05, 0) is 11.6 Å². The molecule has 0 atom stereocenters. The summed E-state index contributed by atoms with van der Waals surface area (Å²) in [5.74, 6) is -0.354. The van der Waals surface area contributed by atoms with Crippen molar-refractivity contribution in [2.75, 3.05) is 19.0 Å². The Morgan fingerprint density at radius 1 is 1.39 bits per heavy atom. The molecule has 1 heterocycles. The minimum atomic E-state index is -0.354. The maximum atomic E-state index is 13.7. The number of anilines is 1. The fraction of sp³-hybridized carbons (Fsp3) is 0.273. The number of hydrogen-bond donors (Lipinski definition) is 1. The Hall–Kier alpha value is -1.18. The molecule has 0 aliphatic carbocycles. The van der Waals surface area contributed by atoms with Gasteiger partial charge < -0.3 is 10.0 Å². The highest BCUT2D eigenvalue weighted by molar-refractivity contribution is 8.01. The van der Waals surface area contributed by atoms with Crippen molar-refractivity contribution in [3.8, 4) is 0 Å². The van der Waals surface area contributed by atoms with Crippen LogP contribution >= 0.6 is 23.1 Å². The number of rotatable bonds is 4. The first-order valence-electron chi connectivity index (χ1n) is 5.18. The van der Waals surface area contributed by atoms with Gasteiger partial charge in [0, 0.05) is 14.1 Å². The number of benzene rings is 1. The summed E-state index contributed by atoms with van der Waals surface area (Å²) >= 11 is 2.57. The monoisotopic (exact) mass is 285 g/mol. The van der Waals surface area contributed by atoms with Gasteiger partial charge in [0.15, 0.2) is 4.34 Å². The Morgan fingerprint density at radius 2 is 2.17 bits per heavy atom. The maximum absolute atomic E-state index is 13.7. The summed E-state index contributed by atoms with van der Waals surface area (Å²) in [7, 11) is 3.74. The Morgan fingerprint density at radius 3 is 2.78 bits per heavy atom. The number of hydrogen-bond acceptors (Lipinski definition) is 6. The van der Waals surface area contributed by atoms with E-state index in [9.17, 15) is 9.50 Å². The van der Waals surface area contributed by atoms with Crippen molar-refractivity contribution < 1.29 is 9.50 Å². The summed E-state index contributed by atoms with van der Waals surface area (Å²) in [6, 6.07) is 4.64. The van der Waals surface area contributed by atoms with E-state index in [1.165, 1.54) is 29.2 Å². The van der Waals surface area contributed by atoms with Crippen LogP contribution in [0.5, 0.6) is 0 Å². The van der Waals surface area contributed by atoms with Gasteiger partial charge in [-0.2, -0.15) is 0 Å². The van der Waals surface area contributed by atoms with E-state index in [-0.39, 0.29) is 12.4 Å². The van der Waals surface area contributed by atoms with E-state index >= 15 is 0 Å². The molecule has 0 amide bonds.